The lowest BCUT2D eigenvalue weighted by Gasteiger charge is -2.26. The molecular formula is C25H30N4O3S. The van der Waals surface area contributed by atoms with Gasteiger partial charge in [-0.15, -0.1) is 0 Å². The Morgan fingerprint density at radius 2 is 1.70 bits per heavy atom. The maximum absolute atomic E-state index is 13.2. The fraction of sp³-hybridized carbons (Fsp3) is 0.360. The van der Waals surface area contributed by atoms with Gasteiger partial charge in [-0.3, -0.25) is 9.48 Å². The molecule has 2 aromatic carbocycles. The van der Waals surface area contributed by atoms with E-state index in [9.17, 15) is 13.2 Å². The number of aromatic nitrogens is 2. The fourth-order valence-electron chi connectivity index (χ4n) is 4.30. The number of anilines is 1. The summed E-state index contributed by atoms with van der Waals surface area (Å²) in [5, 5.41) is 7.43. The van der Waals surface area contributed by atoms with E-state index in [4.69, 9.17) is 0 Å². The third kappa shape index (κ3) is 5.02. The largest absolute Gasteiger partial charge is 0.322 e. The predicted molar refractivity (Wildman–Crippen MR) is 129 cm³/mol. The highest BCUT2D eigenvalue weighted by Gasteiger charge is 2.31. The standard InChI is InChI=1S/C25H30N4O3S/c1-18-8-7-9-23(16-18)26-25(30)22-12-10-21(11-13-22)17-29-20(3)24(19(2)27-29)33(31,32)28-14-5-4-6-15-28/h7-13,16H,4-6,14-15,17H2,1-3H3,(H,26,30). The lowest BCUT2D eigenvalue weighted by atomic mass is 10.1. The molecule has 1 aliphatic heterocycles. The fourth-order valence-corrected chi connectivity index (χ4v) is 6.19. The van der Waals surface area contributed by atoms with E-state index in [1.54, 1.807) is 35.0 Å². The van der Waals surface area contributed by atoms with E-state index in [0.29, 0.717) is 41.5 Å². The number of amides is 1. The molecule has 7 nitrogen and oxygen atoms in total. The molecule has 174 valence electrons. The molecule has 3 aromatic rings. The van der Waals surface area contributed by atoms with Gasteiger partial charge in [-0.2, -0.15) is 9.40 Å². The van der Waals surface area contributed by atoms with Crippen molar-refractivity contribution in [1.29, 1.82) is 0 Å². The lowest BCUT2D eigenvalue weighted by molar-refractivity contribution is 0.102. The molecule has 1 aromatic heterocycles. The Bertz CT molecular complexity index is 1260. The monoisotopic (exact) mass is 466 g/mol. The van der Waals surface area contributed by atoms with Gasteiger partial charge >= 0.3 is 0 Å². The van der Waals surface area contributed by atoms with Crippen molar-refractivity contribution in [2.45, 2.75) is 51.5 Å². The summed E-state index contributed by atoms with van der Waals surface area (Å²) in [6, 6.07) is 15.0. The molecule has 0 atom stereocenters. The van der Waals surface area contributed by atoms with Gasteiger partial charge in [0.2, 0.25) is 10.0 Å². The number of nitrogens with one attached hydrogen (secondary N) is 1. The smallest absolute Gasteiger partial charge is 0.255 e. The minimum absolute atomic E-state index is 0.173. The minimum atomic E-state index is -3.55. The Hall–Kier alpha value is -2.97. The van der Waals surface area contributed by atoms with Crippen molar-refractivity contribution in [3.63, 3.8) is 0 Å². The van der Waals surface area contributed by atoms with Gasteiger partial charge in [0.05, 0.1) is 17.9 Å². The highest BCUT2D eigenvalue weighted by Crippen LogP contribution is 2.26. The van der Waals surface area contributed by atoms with E-state index < -0.39 is 10.0 Å². The van der Waals surface area contributed by atoms with E-state index in [2.05, 4.69) is 10.4 Å². The van der Waals surface area contributed by atoms with Crippen LogP contribution in [-0.4, -0.2) is 41.5 Å². The maximum atomic E-state index is 13.2. The zero-order chi connectivity index (χ0) is 23.6. The van der Waals surface area contributed by atoms with E-state index in [1.165, 1.54) is 0 Å². The number of carbonyl (C=O) groups excluding carboxylic acids is 1. The molecule has 2 heterocycles. The number of nitrogens with zero attached hydrogens (tertiary/aromatic N) is 3. The average Bonchev–Trinajstić information content (AvgIpc) is 3.08. The molecule has 33 heavy (non-hydrogen) atoms. The van der Waals surface area contributed by atoms with Gasteiger partial charge in [0.25, 0.3) is 5.91 Å². The van der Waals surface area contributed by atoms with Crippen molar-refractivity contribution >= 4 is 21.6 Å². The molecule has 0 aliphatic carbocycles. The summed E-state index contributed by atoms with van der Waals surface area (Å²) in [6.07, 6.45) is 2.87. The summed E-state index contributed by atoms with van der Waals surface area (Å²) in [6.45, 7) is 7.10. The first kappa shape index (κ1) is 23.2. The second-order valence-electron chi connectivity index (χ2n) is 8.64. The Balaban J connectivity index is 1.49. The molecular weight excluding hydrogens is 436 g/mol. The van der Waals surface area contributed by atoms with Crippen molar-refractivity contribution < 1.29 is 13.2 Å². The first-order valence-electron chi connectivity index (χ1n) is 11.3. The van der Waals surface area contributed by atoms with Crippen molar-refractivity contribution in [3.05, 3.63) is 76.6 Å². The SMILES string of the molecule is Cc1cccc(NC(=O)c2ccc(Cn3nc(C)c(S(=O)(=O)N4CCCCC4)c3C)cc2)c1. The Morgan fingerprint density at radius 3 is 2.36 bits per heavy atom. The summed E-state index contributed by atoms with van der Waals surface area (Å²) in [5.74, 6) is -0.173. The number of hydrogen-bond donors (Lipinski definition) is 1. The van der Waals surface area contributed by atoms with Gasteiger partial charge < -0.3 is 5.32 Å². The van der Waals surface area contributed by atoms with Gasteiger partial charge in [-0.05, 0) is 69.0 Å². The third-order valence-electron chi connectivity index (χ3n) is 6.05. The zero-order valence-electron chi connectivity index (χ0n) is 19.3. The van der Waals surface area contributed by atoms with E-state index in [-0.39, 0.29) is 5.91 Å². The van der Waals surface area contributed by atoms with Crippen molar-refractivity contribution in [3.8, 4) is 0 Å². The molecule has 1 saturated heterocycles. The second-order valence-corrected chi connectivity index (χ2v) is 10.5. The van der Waals surface area contributed by atoms with Gasteiger partial charge in [0, 0.05) is 24.3 Å². The maximum Gasteiger partial charge on any atom is 0.255 e. The number of benzene rings is 2. The van der Waals surface area contributed by atoms with Gasteiger partial charge in [0.1, 0.15) is 4.90 Å². The van der Waals surface area contributed by atoms with Crippen LogP contribution in [0.3, 0.4) is 0 Å². The molecule has 4 rings (SSSR count). The molecule has 8 heteroatoms. The number of sulfonamides is 1. The normalized spacial score (nSPS) is 14.9. The first-order valence-corrected chi connectivity index (χ1v) is 12.7. The van der Waals surface area contributed by atoms with Crippen LogP contribution in [0.1, 0.15) is 52.1 Å². The predicted octanol–water partition coefficient (Wildman–Crippen LogP) is 4.28. The quantitative estimate of drug-likeness (QED) is 0.588. The van der Waals surface area contributed by atoms with Crippen LogP contribution in [0.25, 0.3) is 0 Å². The summed E-state index contributed by atoms with van der Waals surface area (Å²) in [7, 11) is -3.55. The van der Waals surface area contributed by atoms with Crippen LogP contribution in [0.2, 0.25) is 0 Å². The topological polar surface area (TPSA) is 84.3 Å². The van der Waals surface area contributed by atoms with Gasteiger partial charge in [0.15, 0.2) is 0 Å². The number of carbonyl (C=O) groups is 1. The van der Waals surface area contributed by atoms with Crippen molar-refractivity contribution in [1.82, 2.24) is 14.1 Å². The molecule has 0 unspecified atom stereocenters. The van der Waals surface area contributed by atoms with E-state index >= 15 is 0 Å². The van der Waals surface area contributed by atoms with E-state index in [1.807, 2.05) is 43.3 Å². The first-order chi connectivity index (χ1) is 15.8. The molecule has 0 bridgehead atoms. The molecule has 0 saturated carbocycles. The molecule has 0 radical (unpaired) electrons. The Labute approximate surface area is 195 Å². The van der Waals surface area contributed by atoms with Crippen molar-refractivity contribution in [2.24, 2.45) is 0 Å². The molecule has 0 spiro atoms. The highest BCUT2D eigenvalue weighted by atomic mass is 32.2. The number of aryl methyl sites for hydroxylation is 2. The Morgan fingerprint density at radius 1 is 1.00 bits per heavy atom. The van der Waals surface area contributed by atoms with Crippen LogP contribution in [0, 0.1) is 20.8 Å². The van der Waals surface area contributed by atoms with Crippen molar-refractivity contribution in [2.75, 3.05) is 18.4 Å². The van der Waals surface area contributed by atoms with Gasteiger partial charge in [-0.25, -0.2) is 8.42 Å². The molecule has 1 fully saturated rings. The average molecular weight is 467 g/mol. The van der Waals surface area contributed by atoms with Crippen LogP contribution >= 0.6 is 0 Å². The van der Waals surface area contributed by atoms with Crippen LogP contribution < -0.4 is 5.32 Å². The van der Waals surface area contributed by atoms with Crippen LogP contribution in [0.15, 0.2) is 53.4 Å². The molecule has 1 N–H and O–H groups in total. The summed E-state index contributed by atoms with van der Waals surface area (Å²) < 4.78 is 29.7. The number of rotatable bonds is 6. The third-order valence-corrected chi connectivity index (χ3v) is 8.20. The second kappa shape index (κ2) is 9.49. The van der Waals surface area contributed by atoms with Gasteiger partial charge in [-0.1, -0.05) is 30.7 Å². The zero-order valence-corrected chi connectivity index (χ0v) is 20.2. The number of piperidine rings is 1. The summed E-state index contributed by atoms with van der Waals surface area (Å²) in [4.78, 5) is 12.9. The molecule has 1 aliphatic rings. The molecule has 1 amide bonds. The van der Waals surface area contributed by atoms with E-state index in [0.717, 1.165) is 36.1 Å². The summed E-state index contributed by atoms with van der Waals surface area (Å²) >= 11 is 0. The Kier molecular flexibility index (Phi) is 6.67. The highest BCUT2D eigenvalue weighted by molar-refractivity contribution is 7.89. The van der Waals surface area contributed by atoms with Crippen LogP contribution in [-0.2, 0) is 16.6 Å². The minimum Gasteiger partial charge on any atom is -0.322 e. The van der Waals surface area contributed by atoms with Crippen LogP contribution in [0.5, 0.6) is 0 Å². The lowest BCUT2D eigenvalue weighted by Crippen LogP contribution is -2.36. The summed E-state index contributed by atoms with van der Waals surface area (Å²) in [5.41, 5.74) is 4.49. The number of hydrogen-bond acceptors (Lipinski definition) is 4. The van der Waals surface area contributed by atoms with Crippen LogP contribution in [0.4, 0.5) is 5.69 Å².